The molecule has 0 radical (unpaired) electrons. The van der Waals surface area contributed by atoms with Crippen molar-refractivity contribution in [2.24, 2.45) is 0 Å². The topological polar surface area (TPSA) is 41.4 Å². The first-order chi connectivity index (χ1) is 15.7. The van der Waals surface area contributed by atoms with E-state index in [1.165, 1.54) is 16.8 Å². The minimum absolute atomic E-state index is 0.0663. The average Bonchev–Trinajstić information content (AvgIpc) is 3.49. The van der Waals surface area contributed by atoms with E-state index in [-0.39, 0.29) is 5.91 Å². The highest BCUT2D eigenvalue weighted by molar-refractivity contribution is 7.13. The van der Waals surface area contributed by atoms with Crippen LogP contribution in [0.1, 0.15) is 21.5 Å². The molecular weight excluding hydrogens is 416 g/mol. The second-order valence-corrected chi connectivity index (χ2v) is 9.12. The molecule has 5 nitrogen and oxygen atoms in total. The predicted octanol–water partition coefficient (Wildman–Crippen LogP) is 4.93. The third-order valence-corrected chi connectivity index (χ3v) is 6.74. The number of carbonyl (C=O) groups excluding carboxylic acids is 1. The number of piperazine rings is 1. The standard InChI is InChI=1S/C26H26N4OS/c1-20-7-5-10-22(17-20)28-12-14-29(15-13-28)26(31)23-19-30(18-21-8-3-2-4-9-21)27-25(23)24-11-6-16-32-24/h2-11,16-17,19H,12-15,18H2,1H3. The van der Waals surface area contributed by atoms with E-state index in [1.807, 2.05) is 51.5 Å². The fourth-order valence-corrected chi connectivity index (χ4v) is 4.91. The molecule has 2 aromatic carbocycles. The van der Waals surface area contributed by atoms with Crippen LogP contribution in [-0.2, 0) is 6.54 Å². The summed E-state index contributed by atoms with van der Waals surface area (Å²) in [7, 11) is 0. The molecule has 2 aromatic heterocycles. The molecule has 0 N–H and O–H groups in total. The van der Waals surface area contributed by atoms with Gasteiger partial charge in [-0.1, -0.05) is 48.5 Å². The van der Waals surface area contributed by atoms with E-state index in [0.29, 0.717) is 25.2 Å². The van der Waals surface area contributed by atoms with Crippen LogP contribution in [0.4, 0.5) is 5.69 Å². The number of hydrogen-bond acceptors (Lipinski definition) is 4. The first kappa shape index (κ1) is 20.5. The fraction of sp³-hybridized carbons (Fsp3) is 0.231. The highest BCUT2D eigenvalue weighted by atomic mass is 32.1. The molecular formula is C26H26N4OS. The summed E-state index contributed by atoms with van der Waals surface area (Å²) in [4.78, 5) is 18.9. The van der Waals surface area contributed by atoms with Crippen molar-refractivity contribution in [3.8, 4) is 10.6 Å². The van der Waals surface area contributed by atoms with Gasteiger partial charge in [0.15, 0.2) is 0 Å². The minimum Gasteiger partial charge on any atom is -0.368 e. The van der Waals surface area contributed by atoms with Crippen molar-refractivity contribution in [1.82, 2.24) is 14.7 Å². The van der Waals surface area contributed by atoms with Crippen molar-refractivity contribution in [2.75, 3.05) is 31.1 Å². The molecule has 3 heterocycles. The number of amides is 1. The molecule has 1 saturated heterocycles. The number of nitrogens with zero attached hydrogens (tertiary/aromatic N) is 4. The number of aryl methyl sites for hydroxylation is 1. The summed E-state index contributed by atoms with van der Waals surface area (Å²) in [6.45, 7) is 5.85. The Labute approximate surface area is 192 Å². The Hall–Kier alpha value is -3.38. The van der Waals surface area contributed by atoms with E-state index in [9.17, 15) is 4.79 Å². The van der Waals surface area contributed by atoms with Gasteiger partial charge in [0.05, 0.1) is 17.0 Å². The van der Waals surface area contributed by atoms with Gasteiger partial charge in [0.2, 0.25) is 0 Å². The van der Waals surface area contributed by atoms with Gasteiger partial charge in [-0.15, -0.1) is 11.3 Å². The van der Waals surface area contributed by atoms with Gasteiger partial charge in [0.25, 0.3) is 5.91 Å². The van der Waals surface area contributed by atoms with Gasteiger partial charge in [0.1, 0.15) is 5.69 Å². The molecule has 1 fully saturated rings. The number of rotatable bonds is 5. The molecule has 0 atom stereocenters. The third kappa shape index (κ3) is 4.32. The van der Waals surface area contributed by atoms with Crippen LogP contribution < -0.4 is 4.90 Å². The molecule has 32 heavy (non-hydrogen) atoms. The highest BCUT2D eigenvalue weighted by Crippen LogP contribution is 2.28. The normalized spacial score (nSPS) is 14.0. The van der Waals surface area contributed by atoms with Crippen molar-refractivity contribution in [2.45, 2.75) is 13.5 Å². The second kappa shape index (κ2) is 9.01. The van der Waals surface area contributed by atoms with Crippen molar-refractivity contribution in [1.29, 1.82) is 0 Å². The van der Waals surface area contributed by atoms with Crippen LogP contribution in [0.5, 0.6) is 0 Å². The molecule has 162 valence electrons. The third-order valence-electron chi connectivity index (χ3n) is 5.87. The van der Waals surface area contributed by atoms with Crippen molar-refractivity contribution in [3.05, 3.63) is 95.0 Å². The predicted molar refractivity (Wildman–Crippen MR) is 130 cm³/mol. The van der Waals surface area contributed by atoms with Crippen molar-refractivity contribution >= 4 is 22.9 Å². The second-order valence-electron chi connectivity index (χ2n) is 8.17. The van der Waals surface area contributed by atoms with E-state index in [2.05, 4.69) is 48.2 Å². The number of thiophene rings is 1. The average molecular weight is 443 g/mol. The molecule has 1 aliphatic rings. The number of hydrogen-bond donors (Lipinski definition) is 0. The van der Waals surface area contributed by atoms with Crippen molar-refractivity contribution < 1.29 is 4.79 Å². The van der Waals surface area contributed by atoms with Crippen LogP contribution in [0.3, 0.4) is 0 Å². The zero-order valence-electron chi connectivity index (χ0n) is 18.1. The van der Waals surface area contributed by atoms with E-state index in [1.54, 1.807) is 11.3 Å². The van der Waals surface area contributed by atoms with Gasteiger partial charge < -0.3 is 9.80 Å². The van der Waals surface area contributed by atoms with E-state index < -0.39 is 0 Å². The molecule has 0 saturated carbocycles. The number of anilines is 1. The van der Waals surface area contributed by atoms with Gasteiger partial charge in [0, 0.05) is 38.1 Å². The maximum Gasteiger partial charge on any atom is 0.257 e. The summed E-state index contributed by atoms with van der Waals surface area (Å²) >= 11 is 1.62. The van der Waals surface area contributed by atoms with Gasteiger partial charge >= 0.3 is 0 Å². The maximum atomic E-state index is 13.5. The fourth-order valence-electron chi connectivity index (χ4n) is 4.19. The van der Waals surface area contributed by atoms with Gasteiger partial charge in [-0.2, -0.15) is 5.10 Å². The maximum absolute atomic E-state index is 13.5. The van der Waals surface area contributed by atoms with Gasteiger partial charge in [-0.3, -0.25) is 9.48 Å². The largest absolute Gasteiger partial charge is 0.368 e. The van der Waals surface area contributed by atoms with E-state index >= 15 is 0 Å². The molecule has 1 amide bonds. The SMILES string of the molecule is Cc1cccc(N2CCN(C(=O)c3cn(Cc4ccccc4)nc3-c3cccs3)CC2)c1. The zero-order valence-corrected chi connectivity index (χ0v) is 19.0. The minimum atomic E-state index is 0.0663. The quantitative estimate of drug-likeness (QED) is 0.440. The van der Waals surface area contributed by atoms with E-state index in [0.717, 1.165) is 23.7 Å². The Bertz CT molecular complexity index is 1190. The van der Waals surface area contributed by atoms with Gasteiger partial charge in [-0.25, -0.2) is 0 Å². The molecule has 6 heteroatoms. The summed E-state index contributed by atoms with van der Waals surface area (Å²) in [5, 5.41) is 6.83. The highest BCUT2D eigenvalue weighted by Gasteiger charge is 2.27. The molecule has 4 aromatic rings. The van der Waals surface area contributed by atoms with Crippen LogP contribution in [0.2, 0.25) is 0 Å². The molecule has 0 aliphatic carbocycles. The molecule has 5 rings (SSSR count). The summed E-state index contributed by atoms with van der Waals surface area (Å²) < 4.78 is 1.89. The lowest BCUT2D eigenvalue weighted by atomic mass is 10.1. The Kier molecular flexibility index (Phi) is 5.77. The first-order valence-corrected chi connectivity index (χ1v) is 11.8. The lowest BCUT2D eigenvalue weighted by Gasteiger charge is -2.36. The van der Waals surface area contributed by atoms with E-state index in [4.69, 9.17) is 5.10 Å². The summed E-state index contributed by atoms with van der Waals surface area (Å²) in [6, 6.07) is 22.8. The summed E-state index contributed by atoms with van der Waals surface area (Å²) in [6.07, 6.45) is 1.91. The first-order valence-electron chi connectivity index (χ1n) is 10.9. The Morgan fingerprint density at radius 1 is 0.969 bits per heavy atom. The van der Waals surface area contributed by atoms with Crippen LogP contribution in [0.15, 0.2) is 78.3 Å². The van der Waals surface area contributed by atoms with Crippen molar-refractivity contribution in [3.63, 3.8) is 0 Å². The molecule has 0 spiro atoms. The molecule has 0 bridgehead atoms. The Morgan fingerprint density at radius 3 is 2.50 bits per heavy atom. The lowest BCUT2D eigenvalue weighted by molar-refractivity contribution is 0.0747. The zero-order chi connectivity index (χ0) is 21.9. The summed E-state index contributed by atoms with van der Waals surface area (Å²) in [5.41, 5.74) is 5.12. The Balaban J connectivity index is 1.36. The molecule has 1 aliphatic heterocycles. The number of benzene rings is 2. The number of aromatic nitrogens is 2. The van der Waals surface area contributed by atoms with Gasteiger partial charge in [-0.05, 0) is 41.6 Å². The van der Waals surface area contributed by atoms with Crippen LogP contribution in [0, 0.1) is 6.92 Å². The summed E-state index contributed by atoms with van der Waals surface area (Å²) in [5.74, 6) is 0.0663. The van der Waals surface area contributed by atoms with Crippen LogP contribution in [-0.4, -0.2) is 46.8 Å². The monoisotopic (exact) mass is 442 g/mol. The molecule has 0 unspecified atom stereocenters. The number of carbonyl (C=O) groups is 1. The lowest BCUT2D eigenvalue weighted by Crippen LogP contribution is -2.48. The van der Waals surface area contributed by atoms with Crippen LogP contribution in [0.25, 0.3) is 10.6 Å². The smallest absolute Gasteiger partial charge is 0.257 e. The Morgan fingerprint density at radius 2 is 1.78 bits per heavy atom. The van der Waals surface area contributed by atoms with Crippen LogP contribution >= 0.6 is 11.3 Å².